The average Bonchev–Trinajstić information content (AvgIpc) is 3.55. The highest BCUT2D eigenvalue weighted by atomic mass is 35.5. The van der Waals surface area contributed by atoms with Gasteiger partial charge in [0.1, 0.15) is 12.4 Å². The molecule has 9 heteroatoms. The van der Waals surface area contributed by atoms with Gasteiger partial charge in [-0.1, -0.05) is 61.0 Å². The minimum atomic E-state index is -0.231. The first-order chi connectivity index (χ1) is 24.5. The SMILES string of the molecule is Cl.O=C(Nc1ccccc1)c1ccc(-c2sc3cc(C(=O)Nc4ccccc4)ccc3c2C(=O)c2ccc(OCCN3CCCCC3)cc2)cc1. The summed E-state index contributed by atoms with van der Waals surface area (Å²) in [6.07, 6.45) is 3.79. The number of nitrogens with one attached hydrogen (secondary N) is 2. The van der Waals surface area contributed by atoms with Crippen molar-refractivity contribution in [3.05, 3.63) is 150 Å². The van der Waals surface area contributed by atoms with Crippen molar-refractivity contribution in [2.24, 2.45) is 0 Å². The number of halogens is 1. The van der Waals surface area contributed by atoms with E-state index in [2.05, 4.69) is 15.5 Å². The Morgan fingerprint density at radius 2 is 1.22 bits per heavy atom. The fraction of sp³-hybridized carbons (Fsp3) is 0.167. The lowest BCUT2D eigenvalue weighted by molar-refractivity contribution is 0.101. The lowest BCUT2D eigenvalue weighted by Crippen LogP contribution is -2.33. The van der Waals surface area contributed by atoms with Gasteiger partial charge in [-0.05, 0) is 104 Å². The molecule has 0 radical (unpaired) electrons. The largest absolute Gasteiger partial charge is 0.492 e. The fourth-order valence-corrected chi connectivity index (χ4v) is 7.46. The van der Waals surface area contributed by atoms with E-state index in [1.54, 1.807) is 18.2 Å². The summed E-state index contributed by atoms with van der Waals surface area (Å²) in [6, 6.07) is 38.6. The van der Waals surface area contributed by atoms with Gasteiger partial charge in [0.2, 0.25) is 0 Å². The third kappa shape index (κ3) is 8.55. The maximum atomic E-state index is 14.3. The van der Waals surface area contributed by atoms with E-state index in [0.29, 0.717) is 40.2 Å². The number of nitrogens with zero attached hydrogens (tertiary/aromatic N) is 1. The molecule has 5 aromatic carbocycles. The van der Waals surface area contributed by atoms with Crippen molar-refractivity contribution in [3.63, 3.8) is 0 Å². The smallest absolute Gasteiger partial charge is 0.255 e. The number of para-hydroxylation sites is 2. The van der Waals surface area contributed by atoms with Crippen LogP contribution in [0.5, 0.6) is 5.75 Å². The molecule has 0 aliphatic carbocycles. The second kappa shape index (κ2) is 16.6. The van der Waals surface area contributed by atoms with Crippen molar-refractivity contribution in [2.45, 2.75) is 19.3 Å². The molecular weight excluding hydrogens is 678 g/mol. The predicted molar refractivity (Wildman–Crippen MR) is 209 cm³/mol. The number of hydrogen-bond acceptors (Lipinski definition) is 6. The number of ether oxygens (including phenoxy) is 1. The van der Waals surface area contributed by atoms with Gasteiger partial charge >= 0.3 is 0 Å². The van der Waals surface area contributed by atoms with Crippen LogP contribution in [-0.2, 0) is 0 Å². The van der Waals surface area contributed by atoms with E-state index in [-0.39, 0.29) is 30.0 Å². The van der Waals surface area contributed by atoms with Gasteiger partial charge in [0.15, 0.2) is 5.78 Å². The van der Waals surface area contributed by atoms with Crippen LogP contribution in [0.15, 0.2) is 127 Å². The summed E-state index contributed by atoms with van der Waals surface area (Å²) >= 11 is 1.45. The van der Waals surface area contributed by atoms with Crippen LogP contribution in [0.3, 0.4) is 0 Å². The summed E-state index contributed by atoms with van der Waals surface area (Å²) < 4.78 is 6.83. The summed E-state index contributed by atoms with van der Waals surface area (Å²) in [4.78, 5) is 43.6. The maximum absolute atomic E-state index is 14.3. The van der Waals surface area contributed by atoms with E-state index in [0.717, 1.165) is 45.9 Å². The van der Waals surface area contributed by atoms with Crippen molar-refractivity contribution < 1.29 is 19.1 Å². The van der Waals surface area contributed by atoms with Crippen LogP contribution >= 0.6 is 23.7 Å². The lowest BCUT2D eigenvalue weighted by atomic mass is 9.96. The Balaban J connectivity index is 0.00000448. The van der Waals surface area contributed by atoms with Gasteiger partial charge in [-0.15, -0.1) is 23.7 Å². The highest BCUT2D eigenvalue weighted by Gasteiger charge is 2.23. The second-order valence-corrected chi connectivity index (χ2v) is 13.4. The van der Waals surface area contributed by atoms with Crippen molar-refractivity contribution in [3.8, 4) is 16.2 Å². The number of thiophene rings is 1. The molecule has 258 valence electrons. The van der Waals surface area contributed by atoms with E-state index in [9.17, 15) is 14.4 Å². The number of carbonyl (C=O) groups is 3. The van der Waals surface area contributed by atoms with Gasteiger partial charge in [0.05, 0.1) is 0 Å². The highest BCUT2D eigenvalue weighted by Crippen LogP contribution is 2.41. The number of rotatable bonds is 11. The van der Waals surface area contributed by atoms with Crippen LogP contribution in [0.25, 0.3) is 20.5 Å². The average molecular weight is 716 g/mol. The highest BCUT2D eigenvalue weighted by molar-refractivity contribution is 7.22. The molecule has 0 bridgehead atoms. The van der Waals surface area contributed by atoms with E-state index in [1.807, 2.05) is 109 Å². The molecule has 2 heterocycles. The molecular formula is C42H38ClN3O4S. The van der Waals surface area contributed by atoms with Crippen LogP contribution in [0.4, 0.5) is 11.4 Å². The van der Waals surface area contributed by atoms with Crippen LogP contribution in [0, 0.1) is 0 Å². The number of ketones is 1. The number of fused-ring (bicyclic) bond motifs is 1. The molecule has 1 saturated heterocycles. The zero-order chi connectivity index (χ0) is 34.3. The van der Waals surface area contributed by atoms with E-state index < -0.39 is 0 Å². The Morgan fingerprint density at radius 3 is 1.84 bits per heavy atom. The Hall–Kier alpha value is -5.28. The fourth-order valence-electron chi connectivity index (χ4n) is 6.21. The first-order valence-corrected chi connectivity index (χ1v) is 17.7. The first kappa shape index (κ1) is 35.5. The van der Waals surface area contributed by atoms with Crippen LogP contribution in [0.2, 0.25) is 0 Å². The number of amides is 2. The molecule has 1 aliphatic heterocycles. The zero-order valence-electron chi connectivity index (χ0n) is 28.0. The number of benzene rings is 5. The molecule has 2 N–H and O–H groups in total. The summed E-state index contributed by atoms with van der Waals surface area (Å²) in [5.74, 6) is 0.152. The first-order valence-electron chi connectivity index (χ1n) is 16.9. The Labute approximate surface area is 307 Å². The van der Waals surface area contributed by atoms with E-state index in [1.165, 1.54) is 30.6 Å². The molecule has 0 saturated carbocycles. The van der Waals surface area contributed by atoms with Gasteiger partial charge in [-0.25, -0.2) is 0 Å². The summed E-state index contributed by atoms with van der Waals surface area (Å²) in [5, 5.41) is 6.62. The normalized spacial score (nSPS) is 12.9. The summed E-state index contributed by atoms with van der Waals surface area (Å²) in [6.45, 7) is 3.74. The molecule has 7 rings (SSSR count). The molecule has 1 fully saturated rings. The molecule has 6 aromatic rings. The van der Waals surface area contributed by atoms with Crippen molar-refractivity contribution >= 4 is 62.8 Å². The Kier molecular flexibility index (Phi) is 11.6. The lowest BCUT2D eigenvalue weighted by Gasteiger charge is -2.26. The molecule has 1 aromatic heterocycles. The Bertz CT molecular complexity index is 2110. The summed E-state index contributed by atoms with van der Waals surface area (Å²) in [7, 11) is 0. The predicted octanol–water partition coefficient (Wildman–Crippen LogP) is 9.59. The minimum Gasteiger partial charge on any atom is -0.492 e. The van der Waals surface area contributed by atoms with Crippen molar-refractivity contribution in [2.75, 3.05) is 36.9 Å². The molecule has 51 heavy (non-hydrogen) atoms. The van der Waals surface area contributed by atoms with Gasteiger partial charge < -0.3 is 15.4 Å². The number of carbonyl (C=O) groups excluding carboxylic acids is 3. The van der Waals surface area contributed by atoms with Gasteiger partial charge in [0.25, 0.3) is 11.8 Å². The van der Waals surface area contributed by atoms with Gasteiger partial charge in [-0.3, -0.25) is 19.3 Å². The molecule has 0 unspecified atom stereocenters. The molecule has 1 aliphatic rings. The number of piperidine rings is 1. The second-order valence-electron chi connectivity index (χ2n) is 12.3. The third-order valence-corrected chi connectivity index (χ3v) is 10.1. The third-order valence-electron chi connectivity index (χ3n) is 8.89. The van der Waals surface area contributed by atoms with E-state index in [4.69, 9.17) is 4.74 Å². The van der Waals surface area contributed by atoms with Crippen molar-refractivity contribution in [1.82, 2.24) is 4.90 Å². The van der Waals surface area contributed by atoms with E-state index >= 15 is 0 Å². The number of anilines is 2. The number of hydrogen-bond donors (Lipinski definition) is 2. The minimum absolute atomic E-state index is 0. The van der Waals surface area contributed by atoms with Crippen LogP contribution in [0.1, 0.15) is 55.9 Å². The summed E-state index contributed by atoms with van der Waals surface area (Å²) in [5.41, 5.74) is 4.31. The zero-order valence-corrected chi connectivity index (χ0v) is 29.6. The Morgan fingerprint density at radius 1 is 0.647 bits per heavy atom. The number of likely N-dealkylation sites (tertiary alicyclic amines) is 1. The molecule has 0 atom stereocenters. The molecule has 7 nitrogen and oxygen atoms in total. The monoisotopic (exact) mass is 715 g/mol. The standard InChI is InChI=1S/C42H37N3O4S.ClH/c46-39(29-18-21-35(22-19-29)49-27-26-45-24-8-3-9-25-45)38-36-23-20-32(42(48)44-34-12-6-2-7-13-34)28-37(36)50-40(38)30-14-16-31(17-15-30)41(47)43-33-10-4-1-5-11-33;/h1-2,4-7,10-23,28H,3,8-9,24-27H2,(H,43,47)(H,44,48);1H. The maximum Gasteiger partial charge on any atom is 0.255 e. The van der Waals surface area contributed by atoms with Crippen molar-refractivity contribution in [1.29, 1.82) is 0 Å². The van der Waals surface area contributed by atoms with Crippen LogP contribution < -0.4 is 15.4 Å². The van der Waals surface area contributed by atoms with Gasteiger partial charge in [0, 0.05) is 55.1 Å². The van der Waals surface area contributed by atoms with Gasteiger partial charge in [-0.2, -0.15) is 0 Å². The molecule has 2 amide bonds. The molecule has 0 spiro atoms. The quantitative estimate of drug-likeness (QED) is 0.131. The van der Waals surface area contributed by atoms with Crippen LogP contribution in [-0.4, -0.2) is 48.7 Å². The topological polar surface area (TPSA) is 87.7 Å².